The van der Waals surface area contributed by atoms with Crippen LogP contribution in [0.5, 0.6) is 0 Å². The van der Waals surface area contributed by atoms with Gasteiger partial charge in [0.2, 0.25) is 0 Å². The van der Waals surface area contributed by atoms with Crippen LogP contribution in [0, 0.1) is 6.92 Å². The fraction of sp³-hybridized carbons (Fsp3) is 0.167. The zero-order valence-electron chi connectivity index (χ0n) is 16.7. The molecule has 0 saturated heterocycles. The quantitative estimate of drug-likeness (QED) is 0.504. The largest absolute Gasteiger partial charge is 0.351 e. The van der Waals surface area contributed by atoms with Crippen LogP contribution in [0.4, 0.5) is 0 Å². The van der Waals surface area contributed by atoms with Crippen molar-refractivity contribution in [1.29, 1.82) is 0 Å². The topological polar surface area (TPSA) is 76.9 Å². The van der Waals surface area contributed by atoms with Crippen molar-refractivity contribution in [2.75, 3.05) is 6.54 Å². The molecule has 6 heteroatoms. The van der Waals surface area contributed by atoms with E-state index in [1.807, 2.05) is 61.5 Å². The minimum Gasteiger partial charge on any atom is -0.351 e. The van der Waals surface area contributed by atoms with Crippen LogP contribution in [0.15, 0.2) is 77.6 Å². The number of carbonyl (C=O) groups is 1. The highest BCUT2D eigenvalue weighted by Gasteiger charge is 2.08. The fourth-order valence-corrected chi connectivity index (χ4v) is 3.20. The Labute approximate surface area is 174 Å². The zero-order valence-corrected chi connectivity index (χ0v) is 16.7. The van der Waals surface area contributed by atoms with E-state index in [4.69, 9.17) is 0 Å². The first-order chi connectivity index (χ1) is 14.6. The van der Waals surface area contributed by atoms with Gasteiger partial charge < -0.3 is 5.32 Å². The number of hydrogen-bond acceptors (Lipinski definition) is 4. The molecule has 0 spiro atoms. The van der Waals surface area contributed by atoms with Crippen LogP contribution < -0.4 is 10.9 Å². The maximum absolute atomic E-state index is 12.4. The first-order valence-corrected chi connectivity index (χ1v) is 9.89. The highest BCUT2D eigenvalue weighted by Crippen LogP contribution is 2.16. The van der Waals surface area contributed by atoms with Gasteiger partial charge in [-0.1, -0.05) is 54.1 Å². The number of aromatic nitrogens is 3. The van der Waals surface area contributed by atoms with Crippen LogP contribution in [0.1, 0.15) is 22.5 Å². The molecule has 2 aromatic carbocycles. The van der Waals surface area contributed by atoms with E-state index in [0.717, 1.165) is 22.2 Å². The molecule has 30 heavy (non-hydrogen) atoms. The Bertz CT molecular complexity index is 1250. The Hall–Kier alpha value is -3.80. The molecular formula is C24H22N4O2. The molecule has 150 valence electrons. The molecule has 0 aliphatic rings. The third-order valence-corrected chi connectivity index (χ3v) is 4.88. The van der Waals surface area contributed by atoms with Gasteiger partial charge in [0.1, 0.15) is 5.69 Å². The average molecular weight is 398 g/mol. The molecule has 6 nitrogen and oxygen atoms in total. The van der Waals surface area contributed by atoms with E-state index in [-0.39, 0.29) is 11.5 Å². The van der Waals surface area contributed by atoms with Gasteiger partial charge >= 0.3 is 0 Å². The molecular weight excluding hydrogens is 376 g/mol. The highest BCUT2D eigenvalue weighted by molar-refractivity contribution is 5.94. The summed E-state index contributed by atoms with van der Waals surface area (Å²) in [5.74, 6) is -0.227. The maximum Gasteiger partial charge on any atom is 0.269 e. The zero-order chi connectivity index (χ0) is 20.9. The Balaban J connectivity index is 1.36. The second kappa shape index (κ2) is 8.69. The van der Waals surface area contributed by atoms with Crippen LogP contribution >= 0.6 is 0 Å². The maximum atomic E-state index is 12.4. The average Bonchev–Trinajstić information content (AvgIpc) is 2.78. The van der Waals surface area contributed by atoms with Crippen molar-refractivity contribution in [3.8, 4) is 11.3 Å². The first-order valence-electron chi connectivity index (χ1n) is 9.89. The van der Waals surface area contributed by atoms with Gasteiger partial charge in [0, 0.05) is 30.1 Å². The predicted octanol–water partition coefficient (Wildman–Crippen LogP) is 3.59. The Morgan fingerprint density at radius 2 is 1.77 bits per heavy atom. The van der Waals surface area contributed by atoms with Crippen molar-refractivity contribution < 1.29 is 4.79 Å². The number of pyridine rings is 1. The molecule has 1 amide bonds. The first kappa shape index (κ1) is 19.5. The lowest BCUT2D eigenvalue weighted by Crippen LogP contribution is -2.28. The van der Waals surface area contributed by atoms with Gasteiger partial charge in [-0.2, -0.15) is 5.10 Å². The standard InChI is InChI=1S/C24H22N4O2/c1-17-7-9-19(10-8-17)21-13-14-23(29)28(27-21)16-4-15-25-24(30)22-12-11-18-5-2-3-6-20(18)26-22/h2-3,5-14H,4,15-16H2,1H3,(H,25,30). The van der Waals surface area contributed by atoms with Crippen LogP contribution in [0.25, 0.3) is 22.2 Å². The summed E-state index contributed by atoms with van der Waals surface area (Å²) in [6.45, 7) is 2.88. The van der Waals surface area contributed by atoms with E-state index in [2.05, 4.69) is 15.4 Å². The van der Waals surface area contributed by atoms with E-state index < -0.39 is 0 Å². The summed E-state index contributed by atoms with van der Waals surface area (Å²) in [5.41, 5.74) is 3.89. The normalized spacial score (nSPS) is 10.8. The Morgan fingerprint density at radius 1 is 0.967 bits per heavy atom. The number of fused-ring (bicyclic) bond motifs is 1. The molecule has 0 saturated carbocycles. The molecule has 0 fully saturated rings. The van der Waals surface area contributed by atoms with Crippen LogP contribution in [-0.2, 0) is 6.54 Å². The number of rotatable bonds is 6. The summed E-state index contributed by atoms with van der Waals surface area (Å²) in [7, 11) is 0. The Morgan fingerprint density at radius 3 is 2.60 bits per heavy atom. The number of amides is 1. The lowest BCUT2D eigenvalue weighted by Gasteiger charge is -2.09. The van der Waals surface area contributed by atoms with Crippen LogP contribution in [-0.4, -0.2) is 27.2 Å². The number of nitrogens with zero attached hydrogens (tertiary/aromatic N) is 3. The molecule has 2 heterocycles. The highest BCUT2D eigenvalue weighted by atomic mass is 16.2. The van der Waals surface area contributed by atoms with E-state index in [1.54, 1.807) is 12.1 Å². The summed E-state index contributed by atoms with van der Waals surface area (Å²) in [4.78, 5) is 28.9. The van der Waals surface area contributed by atoms with Gasteiger partial charge in [-0.25, -0.2) is 9.67 Å². The van der Waals surface area contributed by atoms with Crippen molar-refractivity contribution in [3.05, 3.63) is 94.4 Å². The molecule has 4 rings (SSSR count). The molecule has 4 aromatic rings. The monoisotopic (exact) mass is 398 g/mol. The lowest BCUT2D eigenvalue weighted by atomic mass is 10.1. The van der Waals surface area contributed by atoms with E-state index in [9.17, 15) is 9.59 Å². The minimum absolute atomic E-state index is 0.159. The van der Waals surface area contributed by atoms with Crippen molar-refractivity contribution in [1.82, 2.24) is 20.1 Å². The molecule has 0 radical (unpaired) electrons. The van der Waals surface area contributed by atoms with Crippen molar-refractivity contribution in [2.45, 2.75) is 19.9 Å². The second-order valence-electron chi connectivity index (χ2n) is 7.14. The number of carbonyl (C=O) groups excluding carboxylic acids is 1. The predicted molar refractivity (Wildman–Crippen MR) is 117 cm³/mol. The van der Waals surface area contributed by atoms with Crippen molar-refractivity contribution in [2.24, 2.45) is 0 Å². The van der Waals surface area contributed by atoms with Gasteiger partial charge in [0.05, 0.1) is 11.2 Å². The van der Waals surface area contributed by atoms with Crippen molar-refractivity contribution in [3.63, 3.8) is 0 Å². The molecule has 1 N–H and O–H groups in total. The van der Waals surface area contributed by atoms with Gasteiger partial charge in [0.25, 0.3) is 11.5 Å². The Kier molecular flexibility index (Phi) is 5.66. The summed E-state index contributed by atoms with van der Waals surface area (Å²) in [6, 6.07) is 22.5. The van der Waals surface area contributed by atoms with Gasteiger partial charge in [-0.15, -0.1) is 0 Å². The van der Waals surface area contributed by atoms with Gasteiger partial charge in [0.15, 0.2) is 0 Å². The summed E-state index contributed by atoms with van der Waals surface area (Å²) in [5, 5.41) is 8.32. The number of aryl methyl sites for hydroxylation is 2. The molecule has 0 atom stereocenters. The second-order valence-corrected chi connectivity index (χ2v) is 7.14. The molecule has 0 aliphatic carbocycles. The number of para-hydroxylation sites is 1. The van der Waals surface area contributed by atoms with E-state index in [1.165, 1.54) is 16.3 Å². The van der Waals surface area contributed by atoms with Gasteiger partial charge in [-0.3, -0.25) is 9.59 Å². The fourth-order valence-electron chi connectivity index (χ4n) is 3.20. The van der Waals surface area contributed by atoms with Gasteiger partial charge in [-0.05, 0) is 31.5 Å². The minimum atomic E-state index is -0.227. The smallest absolute Gasteiger partial charge is 0.269 e. The molecule has 0 bridgehead atoms. The number of nitrogens with one attached hydrogen (secondary N) is 1. The number of hydrogen-bond donors (Lipinski definition) is 1. The third kappa shape index (κ3) is 4.43. The van der Waals surface area contributed by atoms with E-state index in [0.29, 0.717) is 25.2 Å². The van der Waals surface area contributed by atoms with Crippen LogP contribution in [0.3, 0.4) is 0 Å². The molecule has 0 aliphatic heterocycles. The summed E-state index contributed by atoms with van der Waals surface area (Å²) >= 11 is 0. The number of benzene rings is 2. The van der Waals surface area contributed by atoms with E-state index >= 15 is 0 Å². The summed E-state index contributed by atoms with van der Waals surface area (Å²) in [6.07, 6.45) is 0.587. The summed E-state index contributed by atoms with van der Waals surface area (Å²) < 4.78 is 1.44. The molecule has 0 unspecified atom stereocenters. The van der Waals surface area contributed by atoms with Crippen LogP contribution in [0.2, 0.25) is 0 Å². The SMILES string of the molecule is Cc1ccc(-c2ccc(=O)n(CCCNC(=O)c3ccc4ccccc4n3)n2)cc1. The lowest BCUT2D eigenvalue weighted by molar-refractivity contribution is 0.0948. The third-order valence-electron chi connectivity index (χ3n) is 4.88. The van der Waals surface area contributed by atoms with Crippen molar-refractivity contribution >= 4 is 16.8 Å². The molecule has 2 aromatic heterocycles.